The molecule has 0 aromatic carbocycles. The average Bonchev–Trinajstić information content (AvgIpc) is 3.31. The molecule has 3 saturated heterocycles. The molecular formula is C52H83BN2. The van der Waals surface area contributed by atoms with Gasteiger partial charge in [-0.05, 0) is 147 Å². The summed E-state index contributed by atoms with van der Waals surface area (Å²) in [5.74, 6) is 5.22. The molecule has 10 unspecified atom stereocenters. The van der Waals surface area contributed by atoms with Gasteiger partial charge < -0.3 is 4.90 Å². The number of allylic oxidation sites excluding steroid dienone is 5. The topological polar surface area (TPSA) is 6.48 Å². The highest BCUT2D eigenvalue weighted by Crippen LogP contribution is 2.72. The minimum Gasteiger partial charge on any atom is -0.366 e. The highest BCUT2D eigenvalue weighted by molar-refractivity contribution is 6.66. The molecule has 3 saturated carbocycles. The second-order valence-corrected chi connectivity index (χ2v) is 25.2. The molecule has 55 heavy (non-hydrogen) atoms. The summed E-state index contributed by atoms with van der Waals surface area (Å²) in [5, 5.41) is 0. The molecule has 9 aliphatic rings. The van der Waals surface area contributed by atoms with Gasteiger partial charge in [-0.15, -0.1) is 0 Å². The van der Waals surface area contributed by atoms with Gasteiger partial charge in [0.05, 0.1) is 0 Å². The van der Waals surface area contributed by atoms with Crippen molar-refractivity contribution in [2.45, 2.75) is 233 Å². The number of rotatable bonds is 2. The molecule has 3 heterocycles. The molecule has 0 amide bonds. The lowest BCUT2D eigenvalue weighted by molar-refractivity contribution is -0.0455. The van der Waals surface area contributed by atoms with Crippen molar-refractivity contribution >= 4 is 6.71 Å². The molecule has 10 atom stereocenters. The SMILES string of the molecule is CC1CC2C3B(C4C=C(C(C)(C)C)CC5C4N(C3C1)C(C)(C)C51CCCCC1)C1CC=C(C3CCCCC3)CC1N2C1=CC(C(C)(C)C)CC(C(C)(C)C)=C1. The van der Waals surface area contributed by atoms with Gasteiger partial charge in [0.1, 0.15) is 0 Å². The van der Waals surface area contributed by atoms with Crippen LogP contribution in [0.1, 0.15) is 186 Å². The van der Waals surface area contributed by atoms with E-state index in [0.29, 0.717) is 35.3 Å². The Labute approximate surface area is 340 Å². The van der Waals surface area contributed by atoms with Crippen molar-refractivity contribution in [3.8, 4) is 0 Å². The molecule has 304 valence electrons. The van der Waals surface area contributed by atoms with E-state index in [9.17, 15) is 0 Å². The van der Waals surface area contributed by atoms with Crippen LogP contribution in [0.3, 0.4) is 0 Å². The third-order valence-corrected chi connectivity index (χ3v) is 19.1. The summed E-state index contributed by atoms with van der Waals surface area (Å²) in [6.07, 6.45) is 34.1. The van der Waals surface area contributed by atoms with Crippen LogP contribution in [0.15, 0.2) is 46.7 Å². The van der Waals surface area contributed by atoms with Crippen molar-refractivity contribution in [2.75, 3.05) is 0 Å². The zero-order chi connectivity index (χ0) is 39.0. The van der Waals surface area contributed by atoms with E-state index >= 15 is 0 Å². The molecule has 6 fully saturated rings. The normalized spacial score (nSPS) is 40.4. The van der Waals surface area contributed by atoms with Crippen LogP contribution >= 0.6 is 0 Å². The average molecular weight is 747 g/mol. The molecule has 2 nitrogen and oxygen atoms in total. The van der Waals surface area contributed by atoms with Gasteiger partial charge in [-0.1, -0.05) is 143 Å². The number of fused-ring (bicyclic) bond motifs is 5. The fourth-order valence-electron chi connectivity index (χ4n) is 16.2. The van der Waals surface area contributed by atoms with Crippen LogP contribution in [0.5, 0.6) is 0 Å². The summed E-state index contributed by atoms with van der Waals surface area (Å²) in [6, 6.07) is 2.72. The van der Waals surface area contributed by atoms with Crippen LogP contribution in [0.25, 0.3) is 0 Å². The Morgan fingerprint density at radius 3 is 2.04 bits per heavy atom. The Hall–Kier alpha value is -1.22. The highest BCUT2D eigenvalue weighted by Gasteiger charge is 2.73. The van der Waals surface area contributed by atoms with E-state index in [1.165, 1.54) is 103 Å². The molecule has 6 aliphatic carbocycles. The maximum atomic E-state index is 3.36. The van der Waals surface area contributed by atoms with Gasteiger partial charge in [0.15, 0.2) is 6.71 Å². The van der Waals surface area contributed by atoms with Crippen LogP contribution in [0, 0.1) is 45.3 Å². The minimum absolute atomic E-state index is 0.195. The van der Waals surface area contributed by atoms with Crippen molar-refractivity contribution in [3.63, 3.8) is 0 Å². The van der Waals surface area contributed by atoms with Gasteiger partial charge in [0, 0.05) is 35.4 Å². The zero-order valence-corrected chi connectivity index (χ0v) is 37.9. The highest BCUT2D eigenvalue weighted by atomic mass is 15.3. The lowest BCUT2D eigenvalue weighted by Crippen LogP contribution is -2.73. The summed E-state index contributed by atoms with van der Waals surface area (Å²) >= 11 is 0. The molecule has 9 rings (SSSR count). The van der Waals surface area contributed by atoms with Gasteiger partial charge in [0.2, 0.25) is 0 Å². The molecule has 0 radical (unpaired) electrons. The lowest BCUT2D eigenvalue weighted by Gasteiger charge is -2.68. The quantitative estimate of drug-likeness (QED) is 0.205. The van der Waals surface area contributed by atoms with Crippen LogP contribution in [-0.4, -0.2) is 46.2 Å². The van der Waals surface area contributed by atoms with E-state index in [0.717, 1.165) is 42.1 Å². The summed E-state index contributed by atoms with van der Waals surface area (Å²) in [6.45, 7) is 31.8. The molecule has 3 heteroatoms. The fourth-order valence-corrected chi connectivity index (χ4v) is 16.2. The summed E-state index contributed by atoms with van der Waals surface area (Å²) < 4.78 is 0. The molecule has 0 aromatic rings. The van der Waals surface area contributed by atoms with Crippen molar-refractivity contribution in [1.82, 2.24) is 9.80 Å². The number of nitrogens with zero attached hydrogens (tertiary/aromatic N) is 2. The Balaban J connectivity index is 1.25. The van der Waals surface area contributed by atoms with Gasteiger partial charge >= 0.3 is 0 Å². The molecule has 0 N–H and O–H groups in total. The third-order valence-electron chi connectivity index (χ3n) is 19.1. The van der Waals surface area contributed by atoms with Crippen LogP contribution in [0.4, 0.5) is 0 Å². The van der Waals surface area contributed by atoms with E-state index in [-0.39, 0.29) is 21.8 Å². The van der Waals surface area contributed by atoms with Crippen molar-refractivity contribution in [3.05, 3.63) is 46.7 Å². The monoisotopic (exact) mass is 747 g/mol. The summed E-state index contributed by atoms with van der Waals surface area (Å²) in [4.78, 5) is 6.62. The zero-order valence-electron chi connectivity index (χ0n) is 37.9. The standard InChI is InChI=1S/C52H83BN2/c1-33-25-44-46-45(26-33)55-47-40(52(51(55,11)12)23-17-14-18-24-52)31-38(50(8,9)10)32-42(47)53(46)41-22-21-35(34-19-15-13-16-20-34)27-43(41)54(44)39-29-36(48(2,3)4)28-37(30-39)49(5,6)7/h21,29-30,32-34,36,40-47H,13-20,22-28,31H2,1-12H3. The van der Waals surface area contributed by atoms with Crippen molar-refractivity contribution < 1.29 is 0 Å². The Morgan fingerprint density at radius 2 is 1.38 bits per heavy atom. The largest absolute Gasteiger partial charge is 0.366 e. The third kappa shape index (κ3) is 6.15. The van der Waals surface area contributed by atoms with E-state index in [1.54, 1.807) is 11.3 Å². The predicted molar refractivity (Wildman–Crippen MR) is 237 cm³/mol. The Kier molecular flexibility index (Phi) is 9.56. The molecular weight excluding hydrogens is 663 g/mol. The van der Waals surface area contributed by atoms with Gasteiger partial charge in [-0.3, -0.25) is 4.90 Å². The second kappa shape index (κ2) is 13.4. The van der Waals surface area contributed by atoms with Gasteiger partial charge in [0.25, 0.3) is 0 Å². The van der Waals surface area contributed by atoms with E-state index in [4.69, 9.17) is 0 Å². The maximum absolute atomic E-state index is 3.36. The smallest absolute Gasteiger partial charge is 0.162 e. The van der Waals surface area contributed by atoms with Gasteiger partial charge in [-0.2, -0.15) is 0 Å². The lowest BCUT2D eigenvalue weighted by atomic mass is 9.18. The number of hydrogen-bond donors (Lipinski definition) is 0. The predicted octanol–water partition coefficient (Wildman–Crippen LogP) is 14.1. The molecule has 0 bridgehead atoms. The molecule has 0 aromatic heterocycles. The van der Waals surface area contributed by atoms with E-state index in [1.807, 2.05) is 11.1 Å². The Morgan fingerprint density at radius 1 is 0.727 bits per heavy atom. The first-order chi connectivity index (χ1) is 25.8. The maximum Gasteiger partial charge on any atom is 0.162 e. The minimum atomic E-state index is 0.195. The first-order valence-corrected chi connectivity index (χ1v) is 24.2. The summed E-state index contributed by atoms with van der Waals surface area (Å²) in [5.41, 5.74) is 8.45. The fraction of sp³-hybridized carbons (Fsp3) is 0.846. The first kappa shape index (κ1) is 39.3. The van der Waals surface area contributed by atoms with E-state index < -0.39 is 0 Å². The number of hydrogen-bond acceptors (Lipinski definition) is 2. The van der Waals surface area contributed by atoms with Crippen molar-refractivity contribution in [1.29, 1.82) is 0 Å². The first-order valence-electron chi connectivity index (χ1n) is 24.2. The van der Waals surface area contributed by atoms with Crippen LogP contribution in [0.2, 0.25) is 17.5 Å². The van der Waals surface area contributed by atoms with Crippen LogP contribution in [-0.2, 0) is 0 Å². The molecule has 3 aliphatic heterocycles. The van der Waals surface area contributed by atoms with E-state index in [2.05, 4.69) is 117 Å². The van der Waals surface area contributed by atoms with Crippen LogP contribution < -0.4 is 0 Å². The summed E-state index contributed by atoms with van der Waals surface area (Å²) in [7, 11) is 0. The van der Waals surface area contributed by atoms with Gasteiger partial charge in [-0.25, -0.2) is 0 Å². The molecule has 1 spiro atoms. The Bertz CT molecular complexity index is 1610. The van der Waals surface area contributed by atoms with Crippen molar-refractivity contribution in [2.24, 2.45) is 45.3 Å². The second-order valence-electron chi connectivity index (χ2n) is 25.2.